The van der Waals surface area contributed by atoms with E-state index in [2.05, 4.69) is 0 Å². The van der Waals surface area contributed by atoms with Gasteiger partial charge in [-0.05, 0) is 39.3 Å². The Kier molecular flexibility index (Phi) is 4.21. The average Bonchev–Trinajstić information content (AvgIpc) is 2.38. The standard InChI is InChI=1S/C16H22N2O3/c1-12-7-5-6-8-13(12)18-10-9-17(11-14(18)19)15(20)21-16(2,3)4/h5-8H,9-11H2,1-4H3. The summed E-state index contributed by atoms with van der Waals surface area (Å²) < 4.78 is 5.31. The van der Waals surface area contributed by atoms with Gasteiger partial charge in [0.05, 0.1) is 0 Å². The molecule has 5 nitrogen and oxygen atoms in total. The molecule has 1 saturated heterocycles. The summed E-state index contributed by atoms with van der Waals surface area (Å²) in [6, 6.07) is 7.76. The minimum atomic E-state index is -0.548. The molecule has 1 fully saturated rings. The lowest BCUT2D eigenvalue weighted by molar-refractivity contribution is -0.121. The van der Waals surface area contributed by atoms with Gasteiger partial charge in [-0.2, -0.15) is 0 Å². The Morgan fingerprint density at radius 3 is 2.43 bits per heavy atom. The molecule has 1 aliphatic rings. The molecule has 2 amide bonds. The summed E-state index contributed by atoms with van der Waals surface area (Å²) in [6.45, 7) is 8.45. The van der Waals surface area contributed by atoms with E-state index in [-0.39, 0.29) is 12.5 Å². The quantitative estimate of drug-likeness (QED) is 0.798. The third kappa shape index (κ3) is 3.74. The Balaban J connectivity index is 2.05. The summed E-state index contributed by atoms with van der Waals surface area (Å²) in [6.07, 6.45) is -0.430. The first-order valence-electron chi connectivity index (χ1n) is 7.12. The minimum Gasteiger partial charge on any atom is -0.444 e. The van der Waals surface area contributed by atoms with Crippen LogP contribution in [0.5, 0.6) is 0 Å². The van der Waals surface area contributed by atoms with E-state index in [1.807, 2.05) is 52.0 Å². The van der Waals surface area contributed by atoms with Crippen LogP contribution in [0.2, 0.25) is 0 Å². The van der Waals surface area contributed by atoms with Gasteiger partial charge in [0.2, 0.25) is 5.91 Å². The third-order valence-corrected chi connectivity index (χ3v) is 3.28. The number of nitrogens with zero attached hydrogens (tertiary/aromatic N) is 2. The number of rotatable bonds is 1. The van der Waals surface area contributed by atoms with Crippen LogP contribution in [-0.2, 0) is 9.53 Å². The van der Waals surface area contributed by atoms with Crippen molar-refractivity contribution in [2.24, 2.45) is 0 Å². The summed E-state index contributed by atoms with van der Waals surface area (Å²) >= 11 is 0. The highest BCUT2D eigenvalue weighted by Gasteiger charge is 2.31. The van der Waals surface area contributed by atoms with Crippen LogP contribution < -0.4 is 4.90 Å². The van der Waals surface area contributed by atoms with Gasteiger partial charge in [0, 0.05) is 18.8 Å². The number of anilines is 1. The van der Waals surface area contributed by atoms with Crippen LogP contribution in [0.1, 0.15) is 26.3 Å². The van der Waals surface area contributed by atoms with Crippen molar-refractivity contribution in [3.8, 4) is 0 Å². The van der Waals surface area contributed by atoms with Gasteiger partial charge in [-0.15, -0.1) is 0 Å². The summed E-state index contributed by atoms with van der Waals surface area (Å²) in [7, 11) is 0. The molecule has 0 radical (unpaired) electrons. The van der Waals surface area contributed by atoms with E-state index in [9.17, 15) is 9.59 Å². The second-order valence-electron chi connectivity index (χ2n) is 6.23. The third-order valence-electron chi connectivity index (χ3n) is 3.28. The number of amides is 2. The molecule has 114 valence electrons. The molecule has 5 heteroatoms. The van der Waals surface area contributed by atoms with Crippen LogP contribution in [0.15, 0.2) is 24.3 Å². The maximum absolute atomic E-state index is 12.3. The number of hydrogen-bond acceptors (Lipinski definition) is 3. The van der Waals surface area contributed by atoms with Gasteiger partial charge in [-0.1, -0.05) is 18.2 Å². The minimum absolute atomic E-state index is 0.0588. The van der Waals surface area contributed by atoms with Gasteiger partial charge in [0.25, 0.3) is 0 Å². The summed E-state index contributed by atoms with van der Waals surface area (Å²) in [5.41, 5.74) is 1.41. The molecule has 1 aliphatic heterocycles. The van der Waals surface area contributed by atoms with Crippen LogP contribution in [0.25, 0.3) is 0 Å². The second-order valence-corrected chi connectivity index (χ2v) is 6.23. The predicted octanol–water partition coefficient (Wildman–Crippen LogP) is 2.58. The van der Waals surface area contributed by atoms with Crippen LogP contribution >= 0.6 is 0 Å². The fraction of sp³-hybridized carbons (Fsp3) is 0.500. The molecule has 0 aliphatic carbocycles. The topological polar surface area (TPSA) is 49.9 Å². The van der Waals surface area contributed by atoms with Crippen molar-refractivity contribution in [2.75, 3.05) is 24.5 Å². The smallest absolute Gasteiger partial charge is 0.410 e. The fourth-order valence-electron chi connectivity index (χ4n) is 2.28. The highest BCUT2D eigenvalue weighted by molar-refractivity contribution is 5.97. The molecular weight excluding hydrogens is 268 g/mol. The first kappa shape index (κ1) is 15.4. The van der Waals surface area contributed by atoms with Crippen LogP contribution in [0.4, 0.5) is 10.5 Å². The van der Waals surface area contributed by atoms with E-state index >= 15 is 0 Å². The first-order valence-corrected chi connectivity index (χ1v) is 7.12. The van der Waals surface area contributed by atoms with Crippen molar-refractivity contribution in [3.63, 3.8) is 0 Å². The van der Waals surface area contributed by atoms with Crippen molar-refractivity contribution < 1.29 is 14.3 Å². The normalized spacial score (nSPS) is 16.1. The zero-order chi connectivity index (χ0) is 15.6. The van der Waals surface area contributed by atoms with E-state index in [1.165, 1.54) is 4.90 Å². The Bertz CT molecular complexity index is 549. The Morgan fingerprint density at radius 1 is 1.19 bits per heavy atom. The lowest BCUT2D eigenvalue weighted by Gasteiger charge is -2.35. The molecule has 0 saturated carbocycles. The molecule has 0 bridgehead atoms. The Labute approximate surface area is 125 Å². The van der Waals surface area contributed by atoms with E-state index in [0.29, 0.717) is 13.1 Å². The largest absolute Gasteiger partial charge is 0.444 e. The van der Waals surface area contributed by atoms with Crippen LogP contribution in [-0.4, -0.2) is 42.1 Å². The number of carbonyl (C=O) groups excluding carboxylic acids is 2. The molecule has 0 atom stereocenters. The Hall–Kier alpha value is -2.04. The Morgan fingerprint density at radius 2 is 1.86 bits per heavy atom. The van der Waals surface area contributed by atoms with E-state index in [0.717, 1.165) is 11.3 Å². The van der Waals surface area contributed by atoms with Crippen LogP contribution in [0, 0.1) is 6.92 Å². The van der Waals surface area contributed by atoms with E-state index in [4.69, 9.17) is 4.74 Å². The summed E-state index contributed by atoms with van der Waals surface area (Å²) in [5.74, 6) is -0.0820. The van der Waals surface area contributed by atoms with Crippen molar-refractivity contribution in [2.45, 2.75) is 33.3 Å². The molecule has 21 heavy (non-hydrogen) atoms. The zero-order valence-electron chi connectivity index (χ0n) is 13.0. The highest BCUT2D eigenvalue weighted by atomic mass is 16.6. The number of ether oxygens (including phenoxy) is 1. The molecule has 1 aromatic rings. The number of piperazine rings is 1. The molecule has 1 aromatic carbocycles. The maximum atomic E-state index is 12.3. The lowest BCUT2D eigenvalue weighted by atomic mass is 10.1. The molecule has 1 heterocycles. The van der Waals surface area contributed by atoms with Crippen molar-refractivity contribution in [1.29, 1.82) is 0 Å². The predicted molar refractivity (Wildman–Crippen MR) is 81.3 cm³/mol. The highest BCUT2D eigenvalue weighted by Crippen LogP contribution is 2.22. The molecule has 2 rings (SSSR count). The second kappa shape index (κ2) is 5.76. The van der Waals surface area contributed by atoms with E-state index in [1.54, 1.807) is 4.90 Å². The monoisotopic (exact) mass is 290 g/mol. The van der Waals surface area contributed by atoms with Crippen molar-refractivity contribution >= 4 is 17.7 Å². The summed E-state index contributed by atoms with van der Waals surface area (Å²) in [4.78, 5) is 27.5. The van der Waals surface area contributed by atoms with Gasteiger partial charge in [-0.3, -0.25) is 9.69 Å². The van der Waals surface area contributed by atoms with Gasteiger partial charge in [-0.25, -0.2) is 4.79 Å². The van der Waals surface area contributed by atoms with Crippen LogP contribution in [0.3, 0.4) is 0 Å². The fourth-order valence-corrected chi connectivity index (χ4v) is 2.28. The molecule has 0 spiro atoms. The van der Waals surface area contributed by atoms with Gasteiger partial charge in [0.1, 0.15) is 12.1 Å². The first-order chi connectivity index (χ1) is 9.78. The van der Waals surface area contributed by atoms with Gasteiger partial charge >= 0.3 is 6.09 Å². The molecule has 0 unspecified atom stereocenters. The number of aryl methyl sites for hydroxylation is 1. The number of para-hydroxylation sites is 1. The van der Waals surface area contributed by atoms with E-state index < -0.39 is 11.7 Å². The van der Waals surface area contributed by atoms with Crippen molar-refractivity contribution in [3.05, 3.63) is 29.8 Å². The maximum Gasteiger partial charge on any atom is 0.410 e. The number of benzene rings is 1. The number of carbonyl (C=O) groups is 2. The number of hydrogen-bond donors (Lipinski definition) is 0. The lowest BCUT2D eigenvalue weighted by Crippen LogP contribution is -2.53. The van der Waals surface area contributed by atoms with Gasteiger partial charge < -0.3 is 9.64 Å². The van der Waals surface area contributed by atoms with Crippen molar-refractivity contribution in [1.82, 2.24) is 4.90 Å². The summed E-state index contributed by atoms with van der Waals surface area (Å²) in [5, 5.41) is 0. The molecule has 0 aromatic heterocycles. The zero-order valence-corrected chi connectivity index (χ0v) is 13.0. The molecule has 0 N–H and O–H groups in total. The van der Waals surface area contributed by atoms with Gasteiger partial charge in [0.15, 0.2) is 0 Å². The average molecular weight is 290 g/mol. The SMILES string of the molecule is Cc1ccccc1N1CCN(C(=O)OC(C)(C)C)CC1=O. The molecular formula is C16H22N2O3.